The molecule has 1 unspecified atom stereocenters. The lowest BCUT2D eigenvalue weighted by atomic mass is 10.1. The Morgan fingerprint density at radius 2 is 2.24 bits per heavy atom. The number of nitrogens with two attached hydrogens (primary N) is 1. The molecule has 1 aromatic rings. The van der Waals surface area contributed by atoms with E-state index in [9.17, 15) is 0 Å². The normalized spacial score (nSPS) is 12.5. The predicted molar refractivity (Wildman–Crippen MR) is 76.5 cm³/mol. The smallest absolute Gasteiger partial charge is 0.0664 e. The van der Waals surface area contributed by atoms with Gasteiger partial charge in [0.2, 0.25) is 0 Å². The van der Waals surface area contributed by atoms with E-state index in [0.717, 1.165) is 29.5 Å². The standard InChI is InChI=1S/C13H21BrN2O/c1-10-5-3-7-12(13(10)14)16-11(9-17-2)6-4-8-15/h3,5,7,11,16H,4,6,8-9,15H2,1-2H3. The number of nitrogens with one attached hydrogen (secondary N) is 1. The molecule has 4 heteroatoms. The van der Waals surface area contributed by atoms with Crippen molar-refractivity contribution in [3.8, 4) is 0 Å². The summed E-state index contributed by atoms with van der Waals surface area (Å²) in [6.07, 6.45) is 2.02. The second kappa shape index (κ2) is 7.69. The summed E-state index contributed by atoms with van der Waals surface area (Å²) in [6.45, 7) is 3.50. The van der Waals surface area contributed by atoms with Crippen LogP contribution < -0.4 is 11.1 Å². The van der Waals surface area contributed by atoms with Crippen LogP contribution in [0.1, 0.15) is 18.4 Å². The van der Waals surface area contributed by atoms with Crippen LogP contribution in [0.25, 0.3) is 0 Å². The lowest BCUT2D eigenvalue weighted by Gasteiger charge is -2.20. The molecular weight excluding hydrogens is 280 g/mol. The van der Waals surface area contributed by atoms with Gasteiger partial charge >= 0.3 is 0 Å². The molecule has 1 aromatic carbocycles. The van der Waals surface area contributed by atoms with Crippen molar-refractivity contribution >= 4 is 21.6 Å². The highest BCUT2D eigenvalue weighted by atomic mass is 79.9. The van der Waals surface area contributed by atoms with Gasteiger partial charge in [-0.3, -0.25) is 0 Å². The van der Waals surface area contributed by atoms with E-state index in [-0.39, 0.29) is 0 Å². The van der Waals surface area contributed by atoms with E-state index in [1.165, 1.54) is 5.56 Å². The lowest BCUT2D eigenvalue weighted by Crippen LogP contribution is -2.26. The van der Waals surface area contributed by atoms with Gasteiger partial charge in [-0.25, -0.2) is 0 Å². The molecule has 0 spiro atoms. The minimum atomic E-state index is 0.307. The summed E-state index contributed by atoms with van der Waals surface area (Å²) in [6, 6.07) is 6.51. The molecular formula is C13H21BrN2O. The Bertz CT molecular complexity index is 344. The summed E-state index contributed by atoms with van der Waals surface area (Å²) >= 11 is 3.60. The van der Waals surface area contributed by atoms with E-state index >= 15 is 0 Å². The molecule has 0 amide bonds. The number of rotatable bonds is 7. The number of aryl methyl sites for hydroxylation is 1. The summed E-state index contributed by atoms with van der Waals surface area (Å²) < 4.78 is 6.34. The number of halogens is 1. The number of ether oxygens (including phenoxy) is 1. The summed E-state index contributed by atoms with van der Waals surface area (Å²) in [5, 5.41) is 3.50. The van der Waals surface area contributed by atoms with Gasteiger partial charge in [-0.15, -0.1) is 0 Å². The molecule has 1 rings (SSSR count). The lowest BCUT2D eigenvalue weighted by molar-refractivity contribution is 0.182. The molecule has 3 nitrogen and oxygen atoms in total. The highest BCUT2D eigenvalue weighted by Gasteiger charge is 2.10. The van der Waals surface area contributed by atoms with E-state index in [0.29, 0.717) is 12.6 Å². The van der Waals surface area contributed by atoms with Gasteiger partial charge in [-0.1, -0.05) is 12.1 Å². The maximum absolute atomic E-state index is 5.54. The van der Waals surface area contributed by atoms with E-state index in [1.807, 2.05) is 0 Å². The zero-order chi connectivity index (χ0) is 12.7. The Morgan fingerprint density at radius 3 is 2.88 bits per heavy atom. The average Bonchev–Trinajstić information content (AvgIpc) is 2.32. The second-order valence-corrected chi connectivity index (χ2v) is 4.96. The van der Waals surface area contributed by atoms with Crippen molar-refractivity contribution in [2.75, 3.05) is 25.6 Å². The second-order valence-electron chi connectivity index (χ2n) is 4.16. The van der Waals surface area contributed by atoms with E-state index < -0.39 is 0 Å². The summed E-state index contributed by atoms with van der Waals surface area (Å²) in [5.41, 5.74) is 7.88. The number of hydrogen-bond acceptors (Lipinski definition) is 3. The average molecular weight is 301 g/mol. The minimum absolute atomic E-state index is 0.307. The van der Waals surface area contributed by atoms with Crippen LogP contribution in [-0.4, -0.2) is 26.3 Å². The Balaban J connectivity index is 2.67. The quantitative estimate of drug-likeness (QED) is 0.814. The Hall–Kier alpha value is -0.580. The van der Waals surface area contributed by atoms with Gasteiger partial charge in [0.1, 0.15) is 0 Å². The Kier molecular flexibility index (Phi) is 6.55. The van der Waals surface area contributed by atoms with Crippen LogP contribution in [0.5, 0.6) is 0 Å². The van der Waals surface area contributed by atoms with Crippen molar-refractivity contribution in [3.05, 3.63) is 28.2 Å². The van der Waals surface area contributed by atoms with Crippen molar-refractivity contribution in [1.82, 2.24) is 0 Å². The van der Waals surface area contributed by atoms with Gasteiger partial charge in [0.25, 0.3) is 0 Å². The Morgan fingerprint density at radius 1 is 1.47 bits per heavy atom. The minimum Gasteiger partial charge on any atom is -0.383 e. The van der Waals surface area contributed by atoms with Gasteiger partial charge < -0.3 is 15.8 Å². The third-order valence-electron chi connectivity index (χ3n) is 2.68. The van der Waals surface area contributed by atoms with Crippen LogP contribution >= 0.6 is 15.9 Å². The van der Waals surface area contributed by atoms with Crippen LogP contribution in [-0.2, 0) is 4.74 Å². The molecule has 0 saturated heterocycles. The molecule has 0 radical (unpaired) electrons. The van der Waals surface area contributed by atoms with Crippen molar-refractivity contribution < 1.29 is 4.74 Å². The molecule has 17 heavy (non-hydrogen) atoms. The summed E-state index contributed by atoms with van der Waals surface area (Å²) in [4.78, 5) is 0. The van der Waals surface area contributed by atoms with Crippen LogP contribution in [0, 0.1) is 6.92 Å². The van der Waals surface area contributed by atoms with Crippen LogP contribution in [0.15, 0.2) is 22.7 Å². The maximum Gasteiger partial charge on any atom is 0.0664 e. The molecule has 0 heterocycles. The van der Waals surface area contributed by atoms with Crippen molar-refractivity contribution in [1.29, 1.82) is 0 Å². The van der Waals surface area contributed by atoms with Gasteiger partial charge in [-0.05, 0) is 53.9 Å². The van der Waals surface area contributed by atoms with Gasteiger partial charge in [-0.2, -0.15) is 0 Å². The van der Waals surface area contributed by atoms with E-state index in [4.69, 9.17) is 10.5 Å². The first-order valence-electron chi connectivity index (χ1n) is 5.89. The number of anilines is 1. The first-order chi connectivity index (χ1) is 8.19. The number of methoxy groups -OCH3 is 1. The van der Waals surface area contributed by atoms with Crippen molar-refractivity contribution in [3.63, 3.8) is 0 Å². The SMILES string of the molecule is COCC(CCCN)Nc1cccc(C)c1Br. The molecule has 0 aliphatic carbocycles. The van der Waals surface area contributed by atoms with E-state index in [1.54, 1.807) is 7.11 Å². The first-order valence-corrected chi connectivity index (χ1v) is 6.69. The number of benzene rings is 1. The molecule has 0 fully saturated rings. The zero-order valence-electron chi connectivity index (χ0n) is 10.5. The molecule has 3 N–H and O–H groups in total. The fourth-order valence-electron chi connectivity index (χ4n) is 1.74. The fraction of sp³-hybridized carbons (Fsp3) is 0.538. The largest absolute Gasteiger partial charge is 0.383 e. The van der Waals surface area contributed by atoms with Gasteiger partial charge in [0.05, 0.1) is 6.61 Å². The number of hydrogen-bond donors (Lipinski definition) is 2. The maximum atomic E-state index is 5.54. The predicted octanol–water partition coefficient (Wildman–Crippen LogP) is 2.92. The fourth-order valence-corrected chi connectivity index (χ4v) is 2.12. The van der Waals surface area contributed by atoms with Gasteiger partial charge in [0, 0.05) is 23.3 Å². The summed E-state index contributed by atoms with van der Waals surface area (Å²) in [5.74, 6) is 0. The zero-order valence-corrected chi connectivity index (χ0v) is 12.1. The molecule has 96 valence electrons. The molecule has 0 aromatic heterocycles. The molecule has 0 aliphatic rings. The van der Waals surface area contributed by atoms with E-state index in [2.05, 4.69) is 46.4 Å². The molecule has 0 saturated carbocycles. The van der Waals surface area contributed by atoms with Crippen LogP contribution in [0.3, 0.4) is 0 Å². The molecule has 1 atom stereocenters. The topological polar surface area (TPSA) is 47.3 Å². The Labute approximate surface area is 112 Å². The monoisotopic (exact) mass is 300 g/mol. The van der Waals surface area contributed by atoms with Crippen LogP contribution in [0.2, 0.25) is 0 Å². The van der Waals surface area contributed by atoms with Crippen molar-refractivity contribution in [2.24, 2.45) is 5.73 Å². The van der Waals surface area contributed by atoms with Crippen molar-refractivity contribution in [2.45, 2.75) is 25.8 Å². The highest BCUT2D eigenvalue weighted by molar-refractivity contribution is 9.10. The third kappa shape index (κ3) is 4.66. The summed E-state index contributed by atoms with van der Waals surface area (Å²) in [7, 11) is 1.72. The first kappa shape index (κ1) is 14.5. The van der Waals surface area contributed by atoms with Crippen LogP contribution in [0.4, 0.5) is 5.69 Å². The highest BCUT2D eigenvalue weighted by Crippen LogP contribution is 2.26. The molecule has 0 bridgehead atoms. The molecule has 0 aliphatic heterocycles. The van der Waals surface area contributed by atoms with Gasteiger partial charge in [0.15, 0.2) is 0 Å². The third-order valence-corrected chi connectivity index (χ3v) is 3.73.